The summed E-state index contributed by atoms with van der Waals surface area (Å²) in [6.45, 7) is 1.89. The maximum Gasteiger partial charge on any atom is 0.330 e. The number of ether oxygens (including phenoxy) is 2. The number of H-pyrrole nitrogens is 1. The number of aromatic nitrogens is 2. The minimum atomic E-state index is -0.491. The number of piperidine rings is 1. The Hall–Kier alpha value is -1.93. The van der Waals surface area contributed by atoms with Gasteiger partial charge in [-0.05, 0) is 38.8 Å². The maximum atomic E-state index is 12.0. The Morgan fingerprint density at radius 2 is 2.04 bits per heavy atom. The van der Waals surface area contributed by atoms with E-state index in [0.717, 1.165) is 25.9 Å². The zero-order valence-electron chi connectivity index (χ0n) is 12.8. The highest BCUT2D eigenvalue weighted by atomic mass is 16.6. The van der Waals surface area contributed by atoms with Crippen LogP contribution >= 0.6 is 0 Å². The van der Waals surface area contributed by atoms with Crippen LogP contribution in [0.15, 0.2) is 21.9 Å². The summed E-state index contributed by atoms with van der Waals surface area (Å²) < 4.78 is 12.5. The van der Waals surface area contributed by atoms with E-state index >= 15 is 0 Å². The van der Waals surface area contributed by atoms with Gasteiger partial charge in [-0.25, -0.2) is 4.79 Å². The van der Waals surface area contributed by atoms with Gasteiger partial charge in [-0.1, -0.05) is 0 Å². The first kappa shape index (κ1) is 15.9. The van der Waals surface area contributed by atoms with Gasteiger partial charge in [0.05, 0.1) is 12.0 Å². The molecule has 1 aromatic heterocycles. The molecule has 0 spiro atoms. The fourth-order valence-corrected chi connectivity index (χ4v) is 3.02. The number of aromatic amines is 1. The molecule has 0 radical (unpaired) electrons. The van der Waals surface area contributed by atoms with Gasteiger partial charge in [-0.15, -0.1) is 0 Å². The highest BCUT2D eigenvalue weighted by Crippen LogP contribution is 2.27. The first-order valence-corrected chi connectivity index (χ1v) is 7.98. The van der Waals surface area contributed by atoms with E-state index in [0.29, 0.717) is 12.8 Å². The molecular formula is C15H21N3O5. The SMILES string of the molecule is O=C(OCC1CCC(n2ccc(=O)[nH]c2=O)O1)C1CCNCC1. The highest BCUT2D eigenvalue weighted by molar-refractivity contribution is 5.72. The van der Waals surface area contributed by atoms with E-state index in [1.165, 1.54) is 16.8 Å². The summed E-state index contributed by atoms with van der Waals surface area (Å²) in [6.07, 6.45) is 3.73. The van der Waals surface area contributed by atoms with Gasteiger partial charge < -0.3 is 14.8 Å². The van der Waals surface area contributed by atoms with Crippen LogP contribution in [-0.2, 0) is 14.3 Å². The third-order valence-corrected chi connectivity index (χ3v) is 4.33. The number of carbonyl (C=O) groups excluding carboxylic acids is 1. The predicted octanol–water partition coefficient (Wildman–Crippen LogP) is -0.243. The molecule has 2 fully saturated rings. The van der Waals surface area contributed by atoms with Crippen LogP contribution in [0.4, 0.5) is 0 Å². The predicted molar refractivity (Wildman–Crippen MR) is 81.0 cm³/mol. The van der Waals surface area contributed by atoms with E-state index in [4.69, 9.17) is 9.47 Å². The second-order valence-corrected chi connectivity index (χ2v) is 5.96. The van der Waals surface area contributed by atoms with Crippen molar-refractivity contribution in [2.45, 2.75) is 38.0 Å². The smallest absolute Gasteiger partial charge is 0.330 e. The summed E-state index contributed by atoms with van der Waals surface area (Å²) in [5, 5.41) is 3.21. The van der Waals surface area contributed by atoms with Crippen LogP contribution in [0.25, 0.3) is 0 Å². The summed E-state index contributed by atoms with van der Waals surface area (Å²) in [6, 6.07) is 1.29. The second-order valence-electron chi connectivity index (χ2n) is 5.96. The van der Waals surface area contributed by atoms with Gasteiger partial charge in [0.15, 0.2) is 0 Å². The van der Waals surface area contributed by atoms with Crippen LogP contribution in [0, 0.1) is 5.92 Å². The molecule has 8 nitrogen and oxygen atoms in total. The Balaban J connectivity index is 1.50. The quantitative estimate of drug-likeness (QED) is 0.741. The largest absolute Gasteiger partial charge is 0.463 e. The van der Waals surface area contributed by atoms with Crippen molar-refractivity contribution in [3.8, 4) is 0 Å². The summed E-state index contributed by atoms with van der Waals surface area (Å²) in [4.78, 5) is 37.0. The first-order chi connectivity index (χ1) is 11.1. The van der Waals surface area contributed by atoms with Crippen LogP contribution < -0.4 is 16.6 Å². The van der Waals surface area contributed by atoms with Crippen LogP contribution in [0.3, 0.4) is 0 Å². The van der Waals surface area contributed by atoms with Crippen molar-refractivity contribution < 1.29 is 14.3 Å². The van der Waals surface area contributed by atoms with E-state index in [9.17, 15) is 14.4 Å². The molecule has 0 bridgehead atoms. The maximum absolute atomic E-state index is 12.0. The molecule has 3 heterocycles. The van der Waals surface area contributed by atoms with Crippen molar-refractivity contribution >= 4 is 5.97 Å². The molecule has 1 aromatic rings. The van der Waals surface area contributed by atoms with Gasteiger partial charge >= 0.3 is 11.7 Å². The van der Waals surface area contributed by atoms with Crippen LogP contribution in [0.1, 0.15) is 31.9 Å². The Labute approximate surface area is 132 Å². The number of rotatable bonds is 4. The van der Waals surface area contributed by atoms with Crippen molar-refractivity contribution in [1.82, 2.24) is 14.9 Å². The molecule has 0 saturated carbocycles. The van der Waals surface area contributed by atoms with E-state index < -0.39 is 17.5 Å². The van der Waals surface area contributed by atoms with Crippen molar-refractivity contribution in [2.75, 3.05) is 19.7 Å². The molecule has 2 atom stereocenters. The number of nitrogens with zero attached hydrogens (tertiary/aromatic N) is 1. The van der Waals surface area contributed by atoms with Crippen LogP contribution in [0.2, 0.25) is 0 Å². The Kier molecular flexibility index (Phi) is 4.92. The molecule has 126 valence electrons. The van der Waals surface area contributed by atoms with Crippen molar-refractivity contribution in [3.05, 3.63) is 33.1 Å². The summed E-state index contributed by atoms with van der Waals surface area (Å²) in [7, 11) is 0. The molecule has 8 heteroatoms. The molecule has 2 aliphatic rings. The molecule has 0 amide bonds. The first-order valence-electron chi connectivity index (χ1n) is 7.98. The third-order valence-electron chi connectivity index (χ3n) is 4.33. The van der Waals surface area contributed by atoms with Crippen molar-refractivity contribution in [2.24, 2.45) is 5.92 Å². The van der Waals surface area contributed by atoms with E-state index in [1.807, 2.05) is 0 Å². The van der Waals surface area contributed by atoms with Gasteiger partial charge in [-0.2, -0.15) is 0 Å². The highest BCUT2D eigenvalue weighted by Gasteiger charge is 2.29. The fraction of sp³-hybridized carbons (Fsp3) is 0.667. The number of esters is 1. The topological polar surface area (TPSA) is 102 Å². The molecule has 0 aromatic carbocycles. The van der Waals surface area contributed by atoms with Crippen LogP contribution in [-0.4, -0.2) is 41.3 Å². The molecule has 2 N–H and O–H groups in total. The lowest BCUT2D eigenvalue weighted by molar-refractivity contribution is -0.154. The molecule has 2 saturated heterocycles. The Bertz CT molecular complexity index is 662. The fourth-order valence-electron chi connectivity index (χ4n) is 3.02. The van der Waals surface area contributed by atoms with Gasteiger partial charge in [0, 0.05) is 12.3 Å². The van der Waals surface area contributed by atoms with E-state index in [-0.39, 0.29) is 24.6 Å². The molecule has 2 unspecified atom stereocenters. The molecule has 3 rings (SSSR count). The van der Waals surface area contributed by atoms with Crippen molar-refractivity contribution in [1.29, 1.82) is 0 Å². The summed E-state index contributed by atoms with van der Waals surface area (Å²) in [5.41, 5.74) is -0.924. The van der Waals surface area contributed by atoms with Gasteiger partial charge in [0.2, 0.25) is 0 Å². The zero-order valence-corrected chi connectivity index (χ0v) is 12.8. The minimum Gasteiger partial charge on any atom is -0.463 e. The summed E-state index contributed by atoms with van der Waals surface area (Å²) in [5.74, 6) is -0.199. The lowest BCUT2D eigenvalue weighted by Crippen LogP contribution is -2.34. The third kappa shape index (κ3) is 3.89. The molecule has 23 heavy (non-hydrogen) atoms. The van der Waals surface area contributed by atoms with Gasteiger partial charge in [0.1, 0.15) is 12.8 Å². The number of hydrogen-bond donors (Lipinski definition) is 2. The average molecular weight is 323 g/mol. The lowest BCUT2D eigenvalue weighted by atomic mass is 9.98. The molecule has 2 aliphatic heterocycles. The van der Waals surface area contributed by atoms with Gasteiger partial charge in [-0.3, -0.25) is 19.1 Å². The van der Waals surface area contributed by atoms with E-state index in [2.05, 4.69) is 10.3 Å². The average Bonchev–Trinajstić information content (AvgIpc) is 3.02. The number of hydrogen-bond acceptors (Lipinski definition) is 6. The number of carbonyl (C=O) groups is 1. The lowest BCUT2D eigenvalue weighted by Gasteiger charge is -2.22. The van der Waals surface area contributed by atoms with Gasteiger partial charge in [0.25, 0.3) is 5.56 Å². The Morgan fingerprint density at radius 1 is 1.26 bits per heavy atom. The number of nitrogens with one attached hydrogen (secondary N) is 2. The second kappa shape index (κ2) is 7.10. The minimum absolute atomic E-state index is 0.0322. The van der Waals surface area contributed by atoms with Crippen molar-refractivity contribution in [3.63, 3.8) is 0 Å². The molecule has 0 aliphatic carbocycles. The summed E-state index contributed by atoms with van der Waals surface area (Å²) >= 11 is 0. The monoisotopic (exact) mass is 323 g/mol. The zero-order chi connectivity index (χ0) is 16.2. The molecular weight excluding hydrogens is 302 g/mol. The standard InChI is InChI=1S/C15H21N3O5/c19-12-5-8-18(15(21)17-12)13-2-1-11(23-13)9-22-14(20)10-3-6-16-7-4-10/h5,8,10-11,13,16H,1-4,6-7,9H2,(H,17,19,21). The van der Waals surface area contributed by atoms with E-state index in [1.54, 1.807) is 0 Å². The Morgan fingerprint density at radius 3 is 2.78 bits per heavy atom. The normalized spacial score (nSPS) is 25.4. The van der Waals surface area contributed by atoms with Crippen LogP contribution in [0.5, 0.6) is 0 Å².